The van der Waals surface area contributed by atoms with Crippen molar-refractivity contribution in [1.29, 1.82) is 0 Å². The van der Waals surface area contributed by atoms with E-state index >= 15 is 0 Å². The van der Waals surface area contributed by atoms with Crippen molar-refractivity contribution in [1.82, 2.24) is 0 Å². The monoisotopic (exact) mass is 262 g/mol. The molecule has 1 aromatic carbocycles. The summed E-state index contributed by atoms with van der Waals surface area (Å²) in [6, 6.07) is 7.42. The Balaban J connectivity index is 2.50. The van der Waals surface area contributed by atoms with Crippen LogP contribution in [0.5, 0.6) is 5.75 Å². The van der Waals surface area contributed by atoms with Gasteiger partial charge < -0.3 is 9.47 Å². The molecule has 0 fully saturated rings. The molecule has 4 heteroatoms. The quantitative estimate of drug-likeness (QED) is 0.410. The third-order valence-corrected chi connectivity index (χ3v) is 2.37. The first-order valence-electron chi connectivity index (χ1n) is 6.16. The van der Waals surface area contributed by atoms with E-state index in [4.69, 9.17) is 9.47 Å². The number of ketones is 1. The lowest BCUT2D eigenvalue weighted by atomic mass is 10.1. The van der Waals surface area contributed by atoms with E-state index in [1.807, 2.05) is 18.2 Å². The number of carbonyl (C=O) groups excluding carboxylic acids is 2. The number of benzene rings is 1. The van der Waals surface area contributed by atoms with Crippen LogP contribution in [-0.2, 0) is 20.7 Å². The third kappa shape index (κ3) is 5.38. The van der Waals surface area contributed by atoms with Crippen LogP contribution in [0.1, 0.15) is 18.9 Å². The molecule has 0 saturated heterocycles. The average molecular weight is 262 g/mol. The Morgan fingerprint density at radius 1 is 1.32 bits per heavy atom. The molecule has 1 rings (SSSR count). The van der Waals surface area contributed by atoms with Crippen molar-refractivity contribution in [3.05, 3.63) is 42.5 Å². The Hall–Kier alpha value is -2.10. The van der Waals surface area contributed by atoms with Crippen molar-refractivity contribution in [3.63, 3.8) is 0 Å². The highest BCUT2D eigenvalue weighted by molar-refractivity contribution is 5.96. The largest absolute Gasteiger partial charge is 0.486 e. The third-order valence-electron chi connectivity index (χ3n) is 2.37. The minimum atomic E-state index is -0.518. The maximum atomic E-state index is 11.5. The lowest BCUT2D eigenvalue weighted by Crippen LogP contribution is -2.17. The summed E-state index contributed by atoms with van der Waals surface area (Å²) in [5.74, 6) is -0.179. The fraction of sp³-hybridized carbons (Fsp3) is 0.333. The van der Waals surface area contributed by atoms with Crippen molar-refractivity contribution in [2.24, 2.45) is 0 Å². The van der Waals surface area contributed by atoms with Gasteiger partial charge in [0.1, 0.15) is 18.8 Å². The molecule has 0 unspecified atom stereocenters. The number of hydrogen-bond donors (Lipinski definition) is 0. The van der Waals surface area contributed by atoms with Gasteiger partial charge in [-0.05, 0) is 25.0 Å². The van der Waals surface area contributed by atoms with Gasteiger partial charge in [0.15, 0.2) is 5.78 Å². The maximum absolute atomic E-state index is 11.5. The average Bonchev–Trinajstić information content (AvgIpc) is 2.38. The molecule has 0 aromatic heterocycles. The normalized spacial score (nSPS) is 9.74. The van der Waals surface area contributed by atoms with Gasteiger partial charge in [-0.25, -0.2) is 0 Å². The van der Waals surface area contributed by atoms with E-state index in [0.717, 1.165) is 5.56 Å². The highest BCUT2D eigenvalue weighted by Crippen LogP contribution is 2.18. The topological polar surface area (TPSA) is 52.6 Å². The molecule has 0 aliphatic carbocycles. The van der Waals surface area contributed by atoms with Crippen LogP contribution < -0.4 is 4.74 Å². The molecule has 4 nitrogen and oxygen atoms in total. The molecule has 0 N–H and O–H groups in total. The second kappa shape index (κ2) is 8.08. The van der Waals surface area contributed by atoms with Crippen LogP contribution in [0.15, 0.2) is 36.9 Å². The minimum absolute atomic E-state index is 0.132. The zero-order valence-corrected chi connectivity index (χ0v) is 11.1. The highest BCUT2D eigenvalue weighted by Gasteiger charge is 2.11. The first kappa shape index (κ1) is 15.0. The van der Waals surface area contributed by atoms with Crippen LogP contribution in [0.25, 0.3) is 0 Å². The van der Waals surface area contributed by atoms with Crippen LogP contribution in [0.3, 0.4) is 0 Å². The lowest BCUT2D eigenvalue weighted by Gasteiger charge is -2.09. The van der Waals surface area contributed by atoms with Gasteiger partial charge in [0.2, 0.25) is 0 Å². The van der Waals surface area contributed by atoms with Gasteiger partial charge in [-0.1, -0.05) is 24.3 Å². The summed E-state index contributed by atoms with van der Waals surface area (Å²) in [4.78, 5) is 22.6. The highest BCUT2D eigenvalue weighted by atomic mass is 16.5. The summed E-state index contributed by atoms with van der Waals surface area (Å²) < 4.78 is 10.1. The predicted octanol–water partition coefficient (Wildman–Crippen LogP) is 2.32. The minimum Gasteiger partial charge on any atom is -0.486 e. The number of allylic oxidation sites excluding steroid dienone is 1. The summed E-state index contributed by atoms with van der Waals surface area (Å²) in [5.41, 5.74) is 0.960. The fourth-order valence-corrected chi connectivity index (χ4v) is 1.55. The van der Waals surface area contributed by atoms with Crippen LogP contribution in [-0.4, -0.2) is 25.0 Å². The molecule has 0 bridgehead atoms. The number of hydrogen-bond acceptors (Lipinski definition) is 4. The Morgan fingerprint density at radius 3 is 2.74 bits per heavy atom. The standard InChI is InChI=1S/C15H18O4/c1-3-7-12-8-5-6-9-14(12)19-11-13(16)10-15(17)18-4-2/h3,5-6,8-9H,1,4,7,10-11H2,2H3. The molecule has 19 heavy (non-hydrogen) atoms. The number of carbonyl (C=O) groups is 2. The number of rotatable bonds is 8. The Morgan fingerprint density at radius 2 is 2.05 bits per heavy atom. The second-order valence-corrected chi connectivity index (χ2v) is 3.91. The van der Waals surface area contributed by atoms with Crippen LogP contribution >= 0.6 is 0 Å². The summed E-state index contributed by atoms with van der Waals surface area (Å²) in [5, 5.41) is 0. The van der Waals surface area contributed by atoms with Gasteiger partial charge in [0, 0.05) is 0 Å². The van der Waals surface area contributed by atoms with Crippen molar-refractivity contribution < 1.29 is 19.1 Å². The zero-order chi connectivity index (χ0) is 14.1. The van der Waals surface area contributed by atoms with Gasteiger partial charge in [-0.2, -0.15) is 0 Å². The molecular weight excluding hydrogens is 244 g/mol. The molecule has 0 spiro atoms. The van der Waals surface area contributed by atoms with Crippen molar-refractivity contribution in [2.75, 3.05) is 13.2 Å². The SMILES string of the molecule is C=CCc1ccccc1OCC(=O)CC(=O)OCC. The molecule has 0 atom stereocenters. The lowest BCUT2D eigenvalue weighted by molar-refractivity contribution is -0.145. The van der Waals surface area contributed by atoms with Crippen molar-refractivity contribution in [3.8, 4) is 5.75 Å². The van der Waals surface area contributed by atoms with E-state index in [1.165, 1.54) is 0 Å². The molecule has 0 heterocycles. The summed E-state index contributed by atoms with van der Waals surface area (Å²) >= 11 is 0. The van der Waals surface area contributed by atoms with Crippen LogP contribution in [0.2, 0.25) is 0 Å². The summed E-state index contributed by atoms with van der Waals surface area (Å²) in [6.07, 6.45) is 2.18. The van der Waals surface area contributed by atoms with Gasteiger partial charge in [-0.15, -0.1) is 6.58 Å². The van der Waals surface area contributed by atoms with Crippen molar-refractivity contribution in [2.45, 2.75) is 19.8 Å². The molecule has 102 valence electrons. The Kier molecular flexibility index (Phi) is 6.36. The van der Waals surface area contributed by atoms with Crippen LogP contribution in [0.4, 0.5) is 0 Å². The van der Waals surface area contributed by atoms with Gasteiger partial charge >= 0.3 is 5.97 Å². The van der Waals surface area contributed by atoms with E-state index in [1.54, 1.807) is 19.1 Å². The fourth-order valence-electron chi connectivity index (χ4n) is 1.55. The first-order valence-corrected chi connectivity index (χ1v) is 6.16. The van der Waals surface area contributed by atoms with Gasteiger partial charge in [0.25, 0.3) is 0 Å². The van der Waals surface area contributed by atoms with E-state index < -0.39 is 5.97 Å². The van der Waals surface area contributed by atoms with E-state index in [2.05, 4.69) is 6.58 Å². The number of Topliss-reactive ketones (excluding diaryl/α,β-unsaturated/α-hetero) is 1. The Labute approximate surface area is 113 Å². The second-order valence-electron chi connectivity index (χ2n) is 3.91. The molecule has 1 aromatic rings. The van der Waals surface area contributed by atoms with Crippen LogP contribution in [0, 0.1) is 0 Å². The summed E-state index contributed by atoms with van der Waals surface area (Å²) in [6.45, 7) is 5.51. The van der Waals surface area contributed by atoms with E-state index in [-0.39, 0.29) is 25.4 Å². The van der Waals surface area contributed by atoms with Gasteiger partial charge in [-0.3, -0.25) is 9.59 Å². The number of para-hydroxylation sites is 1. The molecule has 0 radical (unpaired) electrons. The summed E-state index contributed by atoms with van der Waals surface area (Å²) in [7, 11) is 0. The molecule has 0 saturated carbocycles. The zero-order valence-electron chi connectivity index (χ0n) is 11.1. The molecular formula is C15H18O4. The predicted molar refractivity (Wildman–Crippen MR) is 72.1 cm³/mol. The van der Waals surface area contributed by atoms with E-state index in [0.29, 0.717) is 12.2 Å². The molecule has 0 aliphatic rings. The number of esters is 1. The Bertz CT molecular complexity index is 451. The van der Waals surface area contributed by atoms with E-state index in [9.17, 15) is 9.59 Å². The number of ether oxygens (including phenoxy) is 2. The van der Waals surface area contributed by atoms with Crippen molar-refractivity contribution >= 4 is 11.8 Å². The molecule has 0 amide bonds. The van der Waals surface area contributed by atoms with Gasteiger partial charge in [0.05, 0.1) is 6.61 Å². The first-order chi connectivity index (χ1) is 9.17. The smallest absolute Gasteiger partial charge is 0.313 e. The maximum Gasteiger partial charge on any atom is 0.313 e. The molecule has 0 aliphatic heterocycles.